The van der Waals surface area contributed by atoms with Crippen molar-refractivity contribution in [2.75, 3.05) is 6.54 Å². The van der Waals surface area contributed by atoms with Gasteiger partial charge in [-0.2, -0.15) is 5.10 Å². The first-order chi connectivity index (χ1) is 11.6. The molecule has 4 rings (SSSR count). The molecule has 2 aliphatic heterocycles. The summed E-state index contributed by atoms with van der Waals surface area (Å²) in [7, 11) is 0. The van der Waals surface area contributed by atoms with Crippen molar-refractivity contribution < 1.29 is 4.79 Å². The molecule has 126 valence electrons. The molecule has 5 nitrogen and oxygen atoms in total. The third-order valence-corrected chi connectivity index (χ3v) is 5.48. The molecule has 0 radical (unpaired) electrons. The fraction of sp³-hybridized carbons (Fsp3) is 0.474. The molecule has 0 spiro atoms. The first-order valence-corrected chi connectivity index (χ1v) is 8.74. The van der Waals surface area contributed by atoms with Gasteiger partial charge in [0, 0.05) is 43.4 Å². The monoisotopic (exact) mass is 324 g/mol. The van der Waals surface area contributed by atoms with E-state index < -0.39 is 0 Å². The number of benzene rings is 1. The van der Waals surface area contributed by atoms with Gasteiger partial charge < -0.3 is 5.32 Å². The Hall–Kier alpha value is -2.14. The van der Waals surface area contributed by atoms with E-state index in [-0.39, 0.29) is 5.91 Å². The molecule has 0 unspecified atom stereocenters. The Morgan fingerprint density at radius 1 is 1.21 bits per heavy atom. The lowest BCUT2D eigenvalue weighted by Crippen LogP contribution is -2.37. The highest BCUT2D eigenvalue weighted by molar-refractivity contribution is 5.77. The number of nitrogens with one attached hydrogen (secondary N) is 1. The Bertz CT molecular complexity index is 766. The van der Waals surface area contributed by atoms with E-state index in [0.717, 1.165) is 25.2 Å². The zero-order valence-corrected chi connectivity index (χ0v) is 14.3. The molecule has 2 saturated heterocycles. The van der Waals surface area contributed by atoms with Gasteiger partial charge >= 0.3 is 0 Å². The highest BCUT2D eigenvalue weighted by atomic mass is 16.1. The molecule has 1 amide bonds. The Morgan fingerprint density at radius 3 is 2.88 bits per heavy atom. The van der Waals surface area contributed by atoms with Crippen LogP contribution in [0.1, 0.15) is 36.0 Å². The number of aryl methyl sites for hydroxylation is 2. The molecular formula is C19H24N4O. The molecular weight excluding hydrogens is 300 g/mol. The average molecular weight is 324 g/mol. The van der Waals surface area contributed by atoms with E-state index in [9.17, 15) is 4.79 Å². The second kappa shape index (κ2) is 6.06. The standard InChI is InChI=1S/C19H24N4O/c1-13-3-4-17(7-14(13)2)23-12-15(9-21-23)11-22-16-5-6-18(22)10-20-19(24)8-16/h3-4,7,9,12,16,18H,5-6,8,10-11H2,1-2H3,(H,20,24)/t16-,18+/m1/s1. The van der Waals surface area contributed by atoms with Crippen molar-refractivity contribution in [3.8, 4) is 5.69 Å². The van der Waals surface area contributed by atoms with E-state index in [1.54, 1.807) is 0 Å². The fourth-order valence-electron chi connectivity index (χ4n) is 3.89. The van der Waals surface area contributed by atoms with Gasteiger partial charge in [0.15, 0.2) is 0 Å². The topological polar surface area (TPSA) is 50.2 Å². The lowest BCUT2D eigenvalue weighted by molar-refractivity contribution is -0.121. The summed E-state index contributed by atoms with van der Waals surface area (Å²) in [4.78, 5) is 14.3. The highest BCUT2D eigenvalue weighted by Crippen LogP contribution is 2.30. The lowest BCUT2D eigenvalue weighted by atomic mass is 10.1. The van der Waals surface area contributed by atoms with Gasteiger partial charge in [0.05, 0.1) is 11.9 Å². The lowest BCUT2D eigenvalue weighted by Gasteiger charge is -2.26. The number of carbonyl (C=O) groups excluding carboxylic acids is 1. The number of amides is 1. The zero-order chi connectivity index (χ0) is 16.7. The molecule has 24 heavy (non-hydrogen) atoms. The van der Waals surface area contributed by atoms with Gasteiger partial charge in [0.25, 0.3) is 0 Å². The number of hydrogen-bond acceptors (Lipinski definition) is 3. The molecule has 0 saturated carbocycles. The largest absolute Gasteiger partial charge is 0.354 e. The number of nitrogens with zero attached hydrogens (tertiary/aromatic N) is 3. The van der Waals surface area contributed by atoms with Crippen molar-refractivity contribution >= 4 is 5.91 Å². The second-order valence-electron chi connectivity index (χ2n) is 7.13. The van der Waals surface area contributed by atoms with Crippen LogP contribution in [0.5, 0.6) is 0 Å². The third-order valence-electron chi connectivity index (χ3n) is 5.48. The van der Waals surface area contributed by atoms with Gasteiger partial charge in [-0.1, -0.05) is 6.07 Å². The van der Waals surface area contributed by atoms with Crippen molar-refractivity contribution in [3.63, 3.8) is 0 Å². The summed E-state index contributed by atoms with van der Waals surface area (Å²) in [6.45, 7) is 5.90. The van der Waals surface area contributed by atoms with E-state index >= 15 is 0 Å². The van der Waals surface area contributed by atoms with E-state index in [0.29, 0.717) is 18.5 Å². The summed E-state index contributed by atoms with van der Waals surface area (Å²) in [5, 5.41) is 7.57. The predicted molar refractivity (Wildman–Crippen MR) is 93.0 cm³/mol. The van der Waals surface area contributed by atoms with Crippen molar-refractivity contribution in [2.24, 2.45) is 0 Å². The van der Waals surface area contributed by atoms with Crippen molar-refractivity contribution in [1.29, 1.82) is 0 Å². The predicted octanol–water partition coefficient (Wildman–Crippen LogP) is 2.34. The van der Waals surface area contributed by atoms with Crippen LogP contribution < -0.4 is 5.32 Å². The van der Waals surface area contributed by atoms with Crippen LogP contribution in [-0.4, -0.2) is 39.2 Å². The summed E-state index contributed by atoms with van der Waals surface area (Å²) < 4.78 is 1.95. The van der Waals surface area contributed by atoms with Crippen LogP contribution in [-0.2, 0) is 11.3 Å². The van der Waals surface area contributed by atoms with Gasteiger partial charge in [-0.05, 0) is 49.9 Å². The number of aromatic nitrogens is 2. The maximum Gasteiger partial charge on any atom is 0.221 e. The SMILES string of the molecule is Cc1ccc(-n2cc(CN3[C@@H]4CC[C@H]3CNC(=O)C4)cn2)cc1C. The normalized spacial score (nSPS) is 24.0. The van der Waals surface area contributed by atoms with Crippen molar-refractivity contribution in [3.05, 3.63) is 47.3 Å². The van der Waals surface area contributed by atoms with Crippen LogP contribution in [0.4, 0.5) is 0 Å². The number of fused-ring (bicyclic) bond motifs is 2. The Morgan fingerprint density at radius 2 is 2.04 bits per heavy atom. The molecule has 2 fully saturated rings. The van der Waals surface area contributed by atoms with Crippen LogP contribution in [0.2, 0.25) is 0 Å². The quantitative estimate of drug-likeness (QED) is 0.943. The summed E-state index contributed by atoms with van der Waals surface area (Å²) in [5.41, 5.74) is 4.88. The molecule has 2 aromatic rings. The van der Waals surface area contributed by atoms with Crippen molar-refractivity contribution in [1.82, 2.24) is 20.0 Å². The smallest absolute Gasteiger partial charge is 0.221 e. The number of rotatable bonds is 3. The van der Waals surface area contributed by atoms with Gasteiger partial charge in [0.1, 0.15) is 0 Å². The molecule has 2 atom stereocenters. The summed E-state index contributed by atoms with van der Waals surface area (Å²) >= 11 is 0. The van der Waals surface area contributed by atoms with Gasteiger partial charge in [0.2, 0.25) is 5.91 Å². The first kappa shape index (κ1) is 15.4. The van der Waals surface area contributed by atoms with Crippen molar-refractivity contribution in [2.45, 2.75) is 51.7 Å². The molecule has 5 heteroatoms. The van der Waals surface area contributed by atoms with Crippen LogP contribution >= 0.6 is 0 Å². The zero-order valence-electron chi connectivity index (χ0n) is 14.3. The van der Waals surface area contributed by atoms with Gasteiger partial charge in [-0.3, -0.25) is 9.69 Å². The summed E-state index contributed by atoms with van der Waals surface area (Å²) in [6, 6.07) is 7.26. The minimum Gasteiger partial charge on any atom is -0.354 e. The van der Waals surface area contributed by atoms with Crippen LogP contribution in [0, 0.1) is 13.8 Å². The minimum absolute atomic E-state index is 0.193. The van der Waals surface area contributed by atoms with E-state index in [2.05, 4.69) is 53.6 Å². The maximum absolute atomic E-state index is 11.8. The summed E-state index contributed by atoms with van der Waals surface area (Å²) in [5.74, 6) is 0.193. The number of carbonyl (C=O) groups is 1. The van der Waals surface area contributed by atoms with E-state index in [4.69, 9.17) is 0 Å². The maximum atomic E-state index is 11.8. The Labute approximate surface area is 142 Å². The molecule has 1 aromatic carbocycles. The van der Waals surface area contributed by atoms with Gasteiger partial charge in [-0.25, -0.2) is 4.68 Å². The average Bonchev–Trinajstić information content (AvgIpc) is 3.12. The molecule has 1 aromatic heterocycles. The highest BCUT2D eigenvalue weighted by Gasteiger charge is 2.37. The third kappa shape index (κ3) is 2.84. The Kier molecular flexibility index (Phi) is 3.88. The second-order valence-corrected chi connectivity index (χ2v) is 7.13. The molecule has 0 aliphatic carbocycles. The van der Waals surface area contributed by atoms with Crippen LogP contribution in [0.3, 0.4) is 0 Å². The fourth-order valence-corrected chi connectivity index (χ4v) is 3.89. The van der Waals surface area contributed by atoms with E-state index in [1.807, 2.05) is 10.9 Å². The van der Waals surface area contributed by atoms with Crippen LogP contribution in [0.15, 0.2) is 30.6 Å². The molecule has 3 heterocycles. The molecule has 2 aliphatic rings. The molecule has 2 bridgehead atoms. The molecule has 1 N–H and O–H groups in total. The Balaban J connectivity index is 1.53. The van der Waals surface area contributed by atoms with Gasteiger partial charge in [-0.15, -0.1) is 0 Å². The summed E-state index contributed by atoms with van der Waals surface area (Å²) in [6.07, 6.45) is 7.00. The van der Waals surface area contributed by atoms with E-state index in [1.165, 1.54) is 23.1 Å². The van der Waals surface area contributed by atoms with Crippen LogP contribution in [0.25, 0.3) is 5.69 Å². The number of hydrogen-bond donors (Lipinski definition) is 1. The minimum atomic E-state index is 0.193. The first-order valence-electron chi connectivity index (χ1n) is 8.74.